The lowest BCUT2D eigenvalue weighted by molar-refractivity contribution is 0.0949. The van der Waals surface area contributed by atoms with Crippen LogP contribution < -0.4 is 5.32 Å². The van der Waals surface area contributed by atoms with Crippen LogP contribution in [0.1, 0.15) is 9.67 Å². The molecule has 2 aromatic rings. The van der Waals surface area contributed by atoms with Gasteiger partial charge in [0, 0.05) is 18.1 Å². The lowest BCUT2D eigenvalue weighted by atomic mass is 10.3. The fourth-order valence-corrected chi connectivity index (χ4v) is 2.05. The van der Waals surface area contributed by atoms with Crippen molar-refractivity contribution in [1.29, 1.82) is 0 Å². The highest BCUT2D eigenvalue weighted by Gasteiger charge is 2.09. The Hall–Kier alpha value is -1.53. The Balaban J connectivity index is 2.25. The second kappa shape index (κ2) is 4.33. The van der Waals surface area contributed by atoms with Gasteiger partial charge < -0.3 is 10.4 Å². The molecule has 0 spiro atoms. The van der Waals surface area contributed by atoms with E-state index in [2.05, 4.69) is 15.3 Å². The summed E-state index contributed by atoms with van der Waals surface area (Å²) in [6, 6.07) is 1.74. The second-order valence-corrected chi connectivity index (χ2v) is 3.90. The number of carbonyl (C=O) groups excluding carboxylic acids is 1. The van der Waals surface area contributed by atoms with E-state index < -0.39 is 0 Å². The molecule has 0 aliphatic rings. The van der Waals surface area contributed by atoms with Gasteiger partial charge in [0.2, 0.25) is 0 Å². The van der Waals surface area contributed by atoms with Gasteiger partial charge in [-0.1, -0.05) is 0 Å². The fourth-order valence-electron chi connectivity index (χ4n) is 1.16. The largest absolute Gasteiger partial charge is 0.395 e. The van der Waals surface area contributed by atoms with E-state index in [1.54, 1.807) is 12.3 Å². The molecule has 0 fully saturated rings. The van der Waals surface area contributed by atoms with Crippen molar-refractivity contribution in [1.82, 2.24) is 15.3 Å². The summed E-state index contributed by atoms with van der Waals surface area (Å²) in [6.07, 6.45) is 3.12. The highest BCUT2D eigenvalue weighted by Crippen LogP contribution is 2.22. The number of rotatable bonds is 3. The van der Waals surface area contributed by atoms with E-state index in [1.165, 1.54) is 17.7 Å². The molecule has 0 aliphatic heterocycles. The zero-order valence-electron chi connectivity index (χ0n) is 7.80. The molecule has 6 heteroatoms. The quantitative estimate of drug-likeness (QED) is 0.790. The van der Waals surface area contributed by atoms with Crippen LogP contribution in [-0.2, 0) is 0 Å². The molecule has 0 radical (unpaired) electrons. The summed E-state index contributed by atoms with van der Waals surface area (Å²) in [5, 5.41) is 12.0. The van der Waals surface area contributed by atoms with E-state index in [4.69, 9.17) is 5.11 Å². The van der Waals surface area contributed by atoms with Crippen molar-refractivity contribution in [2.45, 2.75) is 0 Å². The second-order valence-electron chi connectivity index (χ2n) is 2.87. The van der Waals surface area contributed by atoms with Gasteiger partial charge in [0.05, 0.1) is 11.5 Å². The third-order valence-electron chi connectivity index (χ3n) is 1.82. The standard InChI is InChI=1S/C9H9N3O2S/c13-2-1-11-8(14)7-3-6-4-10-5-12-9(6)15-7/h3-5,13H,1-2H2,(H,11,14). The smallest absolute Gasteiger partial charge is 0.261 e. The monoisotopic (exact) mass is 223 g/mol. The molecule has 0 saturated heterocycles. The Morgan fingerprint density at radius 2 is 2.47 bits per heavy atom. The van der Waals surface area contributed by atoms with Crippen molar-refractivity contribution in [3.05, 3.63) is 23.5 Å². The maximum Gasteiger partial charge on any atom is 0.261 e. The molecule has 0 aliphatic carbocycles. The summed E-state index contributed by atoms with van der Waals surface area (Å²) in [5.41, 5.74) is 0. The summed E-state index contributed by atoms with van der Waals surface area (Å²) >= 11 is 1.31. The predicted molar refractivity (Wildman–Crippen MR) is 56.8 cm³/mol. The van der Waals surface area contributed by atoms with E-state index >= 15 is 0 Å². The topological polar surface area (TPSA) is 75.1 Å². The molecule has 2 N–H and O–H groups in total. The average molecular weight is 223 g/mol. The summed E-state index contributed by atoms with van der Waals surface area (Å²) in [5.74, 6) is -0.188. The van der Waals surface area contributed by atoms with Crippen LogP contribution in [0.5, 0.6) is 0 Å². The highest BCUT2D eigenvalue weighted by atomic mass is 32.1. The van der Waals surface area contributed by atoms with Gasteiger partial charge in [-0.2, -0.15) is 0 Å². The first-order valence-corrected chi connectivity index (χ1v) is 5.21. The van der Waals surface area contributed by atoms with Gasteiger partial charge >= 0.3 is 0 Å². The van der Waals surface area contributed by atoms with Gasteiger partial charge in [-0.25, -0.2) is 9.97 Å². The number of carbonyl (C=O) groups is 1. The Bertz CT molecular complexity index is 450. The van der Waals surface area contributed by atoms with E-state index in [9.17, 15) is 4.79 Å². The molecular weight excluding hydrogens is 214 g/mol. The van der Waals surface area contributed by atoms with Gasteiger partial charge in [0.25, 0.3) is 5.91 Å². The van der Waals surface area contributed by atoms with Crippen molar-refractivity contribution < 1.29 is 9.90 Å². The van der Waals surface area contributed by atoms with Gasteiger partial charge in [0.15, 0.2) is 0 Å². The number of thiophene rings is 1. The maximum atomic E-state index is 11.5. The number of aromatic nitrogens is 2. The van der Waals surface area contributed by atoms with Crippen LogP contribution in [0.15, 0.2) is 18.6 Å². The number of hydrogen-bond acceptors (Lipinski definition) is 5. The third kappa shape index (κ3) is 2.11. The number of amides is 1. The minimum absolute atomic E-state index is 0.0591. The molecule has 0 saturated carbocycles. The molecule has 0 unspecified atom stereocenters. The van der Waals surface area contributed by atoms with Crippen molar-refractivity contribution >= 4 is 27.5 Å². The number of aliphatic hydroxyl groups is 1. The first kappa shape index (κ1) is 10.0. The van der Waals surface area contributed by atoms with E-state index in [0.717, 1.165) is 10.2 Å². The van der Waals surface area contributed by atoms with E-state index in [0.29, 0.717) is 4.88 Å². The van der Waals surface area contributed by atoms with Crippen LogP contribution in [0.2, 0.25) is 0 Å². The van der Waals surface area contributed by atoms with Crippen molar-refractivity contribution in [2.75, 3.05) is 13.2 Å². The van der Waals surface area contributed by atoms with Crippen LogP contribution in [0.3, 0.4) is 0 Å². The first-order valence-electron chi connectivity index (χ1n) is 4.40. The molecule has 0 aromatic carbocycles. The third-order valence-corrected chi connectivity index (χ3v) is 2.87. The molecule has 5 nitrogen and oxygen atoms in total. The average Bonchev–Trinajstić information content (AvgIpc) is 2.69. The minimum atomic E-state index is -0.188. The lowest BCUT2D eigenvalue weighted by Crippen LogP contribution is -2.25. The molecular formula is C9H9N3O2S. The molecule has 0 atom stereocenters. The minimum Gasteiger partial charge on any atom is -0.395 e. The number of aliphatic hydroxyl groups excluding tert-OH is 1. The normalized spacial score (nSPS) is 10.5. The van der Waals surface area contributed by atoms with Crippen LogP contribution in [0.25, 0.3) is 10.2 Å². The number of hydrogen-bond donors (Lipinski definition) is 2. The van der Waals surface area contributed by atoms with Crippen LogP contribution in [0, 0.1) is 0 Å². The Kier molecular flexibility index (Phi) is 2.89. The van der Waals surface area contributed by atoms with Gasteiger partial charge in [0.1, 0.15) is 11.2 Å². The molecule has 0 bridgehead atoms. The van der Waals surface area contributed by atoms with Crippen molar-refractivity contribution in [2.24, 2.45) is 0 Å². The zero-order chi connectivity index (χ0) is 10.7. The van der Waals surface area contributed by atoms with Gasteiger partial charge in [-0.05, 0) is 6.07 Å². The van der Waals surface area contributed by atoms with Gasteiger partial charge in [-0.3, -0.25) is 4.79 Å². The Morgan fingerprint density at radius 1 is 1.60 bits per heavy atom. The van der Waals surface area contributed by atoms with E-state index in [-0.39, 0.29) is 19.1 Å². The lowest BCUT2D eigenvalue weighted by Gasteiger charge is -1.98. The highest BCUT2D eigenvalue weighted by molar-refractivity contribution is 7.20. The molecule has 15 heavy (non-hydrogen) atoms. The Morgan fingerprint density at radius 3 is 3.20 bits per heavy atom. The summed E-state index contributed by atoms with van der Waals surface area (Å²) in [6.45, 7) is 0.204. The number of nitrogens with one attached hydrogen (secondary N) is 1. The maximum absolute atomic E-state index is 11.5. The molecule has 1 amide bonds. The van der Waals surface area contributed by atoms with Crippen LogP contribution in [-0.4, -0.2) is 34.1 Å². The van der Waals surface area contributed by atoms with Gasteiger partial charge in [-0.15, -0.1) is 11.3 Å². The number of nitrogens with zero attached hydrogens (tertiary/aromatic N) is 2. The summed E-state index contributed by atoms with van der Waals surface area (Å²) in [4.78, 5) is 20.8. The Labute approximate surface area is 89.8 Å². The van der Waals surface area contributed by atoms with Crippen molar-refractivity contribution in [3.8, 4) is 0 Å². The first-order chi connectivity index (χ1) is 7.31. The molecule has 2 rings (SSSR count). The van der Waals surface area contributed by atoms with E-state index in [1.807, 2.05) is 0 Å². The fraction of sp³-hybridized carbons (Fsp3) is 0.222. The molecule has 2 heterocycles. The number of fused-ring (bicyclic) bond motifs is 1. The van der Waals surface area contributed by atoms with Crippen LogP contribution in [0.4, 0.5) is 0 Å². The summed E-state index contributed by atoms with van der Waals surface area (Å²) < 4.78 is 0. The summed E-state index contributed by atoms with van der Waals surface area (Å²) in [7, 11) is 0. The predicted octanol–water partition coefficient (Wildman–Crippen LogP) is 0.413. The van der Waals surface area contributed by atoms with Crippen molar-refractivity contribution in [3.63, 3.8) is 0 Å². The molecule has 78 valence electrons. The SMILES string of the molecule is O=C(NCCO)c1cc2cncnc2s1. The zero-order valence-corrected chi connectivity index (χ0v) is 8.62. The molecule has 2 aromatic heterocycles. The van der Waals surface area contributed by atoms with Crippen LogP contribution >= 0.6 is 11.3 Å².